The zero-order chi connectivity index (χ0) is 12.2. The Morgan fingerprint density at radius 1 is 1.38 bits per heavy atom. The zero-order valence-electron chi connectivity index (χ0n) is 8.39. The first-order valence-corrected chi connectivity index (χ1v) is 5.47. The minimum absolute atomic E-state index is 0.245. The molecule has 0 aliphatic rings. The van der Waals surface area contributed by atoms with Crippen LogP contribution in [-0.4, -0.2) is 12.2 Å². The minimum Gasteiger partial charge on any atom is -0.271 e. The minimum atomic E-state index is -4.21. The number of hydrogen-bond donors (Lipinski definition) is 2. The molecule has 6 heteroatoms. The molecule has 90 valence electrons. The third-order valence-corrected chi connectivity index (χ3v) is 2.58. The van der Waals surface area contributed by atoms with Gasteiger partial charge in [0.2, 0.25) is 0 Å². The maximum Gasteiger partial charge on any atom is 0.390 e. The molecule has 0 radical (unpaired) electrons. The van der Waals surface area contributed by atoms with Gasteiger partial charge in [-0.25, -0.2) is 0 Å². The Hall–Kier alpha value is -0.590. The molecule has 0 aromatic heterocycles. The van der Waals surface area contributed by atoms with Gasteiger partial charge in [-0.15, -0.1) is 0 Å². The Labute approximate surface area is 100 Å². The summed E-state index contributed by atoms with van der Waals surface area (Å²) in [5, 5.41) is 0. The molecule has 0 saturated carbocycles. The van der Waals surface area contributed by atoms with E-state index in [0.717, 1.165) is 10.0 Å². The first-order valence-electron chi connectivity index (χ1n) is 4.68. The van der Waals surface area contributed by atoms with Gasteiger partial charge in [0.05, 0.1) is 6.42 Å². The molecule has 0 aliphatic carbocycles. The largest absolute Gasteiger partial charge is 0.390 e. The van der Waals surface area contributed by atoms with Crippen molar-refractivity contribution >= 4 is 15.9 Å². The van der Waals surface area contributed by atoms with E-state index in [4.69, 9.17) is 5.84 Å². The summed E-state index contributed by atoms with van der Waals surface area (Å²) in [6.07, 6.45) is -4.89. The van der Waals surface area contributed by atoms with Crippen LogP contribution in [0.15, 0.2) is 28.7 Å². The van der Waals surface area contributed by atoms with Gasteiger partial charge in [-0.05, 0) is 24.1 Å². The summed E-state index contributed by atoms with van der Waals surface area (Å²) in [6, 6.07) is 6.35. The summed E-state index contributed by atoms with van der Waals surface area (Å²) in [5.41, 5.74) is 3.00. The summed E-state index contributed by atoms with van der Waals surface area (Å²) >= 11 is 3.26. The van der Waals surface area contributed by atoms with E-state index in [0.29, 0.717) is 0 Å². The third kappa shape index (κ3) is 4.96. The van der Waals surface area contributed by atoms with Gasteiger partial charge in [-0.3, -0.25) is 11.3 Å². The highest BCUT2D eigenvalue weighted by Crippen LogP contribution is 2.23. The SMILES string of the molecule is NNC(Cc1cccc(Br)c1)CC(F)(F)F. The Bertz CT molecular complexity index is 341. The van der Waals surface area contributed by atoms with Gasteiger partial charge in [-0.1, -0.05) is 28.1 Å². The van der Waals surface area contributed by atoms with Crippen LogP contribution in [0.5, 0.6) is 0 Å². The number of alkyl halides is 3. The van der Waals surface area contributed by atoms with Gasteiger partial charge in [0.25, 0.3) is 0 Å². The van der Waals surface area contributed by atoms with Gasteiger partial charge < -0.3 is 0 Å². The molecular formula is C10H12BrF3N2. The quantitative estimate of drug-likeness (QED) is 0.662. The van der Waals surface area contributed by atoms with Crippen molar-refractivity contribution in [2.45, 2.75) is 25.1 Å². The van der Waals surface area contributed by atoms with Gasteiger partial charge in [0.1, 0.15) is 0 Å². The van der Waals surface area contributed by atoms with Crippen molar-refractivity contribution < 1.29 is 13.2 Å². The molecule has 1 aromatic carbocycles. The lowest BCUT2D eigenvalue weighted by molar-refractivity contribution is -0.140. The molecular weight excluding hydrogens is 285 g/mol. The Morgan fingerprint density at radius 2 is 2.06 bits per heavy atom. The van der Waals surface area contributed by atoms with Crippen molar-refractivity contribution in [1.29, 1.82) is 0 Å². The highest BCUT2D eigenvalue weighted by atomic mass is 79.9. The third-order valence-electron chi connectivity index (χ3n) is 2.08. The first-order chi connectivity index (χ1) is 7.40. The lowest BCUT2D eigenvalue weighted by Crippen LogP contribution is -2.40. The van der Waals surface area contributed by atoms with Crippen LogP contribution in [0.2, 0.25) is 0 Å². The monoisotopic (exact) mass is 296 g/mol. The van der Waals surface area contributed by atoms with E-state index >= 15 is 0 Å². The molecule has 0 spiro atoms. The lowest BCUT2D eigenvalue weighted by atomic mass is 10.0. The van der Waals surface area contributed by atoms with Crippen molar-refractivity contribution in [2.24, 2.45) is 5.84 Å². The fourth-order valence-corrected chi connectivity index (χ4v) is 1.86. The summed E-state index contributed by atoms with van der Waals surface area (Å²) < 4.78 is 37.4. The molecule has 0 heterocycles. The summed E-state index contributed by atoms with van der Waals surface area (Å²) in [4.78, 5) is 0. The number of nitrogens with two attached hydrogens (primary N) is 1. The zero-order valence-corrected chi connectivity index (χ0v) is 9.98. The van der Waals surface area contributed by atoms with Crippen molar-refractivity contribution in [3.63, 3.8) is 0 Å². The molecule has 2 nitrogen and oxygen atoms in total. The van der Waals surface area contributed by atoms with E-state index in [2.05, 4.69) is 21.4 Å². The topological polar surface area (TPSA) is 38.0 Å². The van der Waals surface area contributed by atoms with Crippen molar-refractivity contribution in [3.8, 4) is 0 Å². The van der Waals surface area contributed by atoms with Crippen molar-refractivity contribution in [2.75, 3.05) is 0 Å². The Balaban J connectivity index is 2.63. The molecule has 1 atom stereocenters. The van der Waals surface area contributed by atoms with E-state index in [1.807, 2.05) is 6.07 Å². The highest BCUT2D eigenvalue weighted by molar-refractivity contribution is 9.10. The van der Waals surface area contributed by atoms with Crippen LogP contribution in [0.1, 0.15) is 12.0 Å². The number of benzene rings is 1. The van der Waals surface area contributed by atoms with Crippen LogP contribution in [0, 0.1) is 0 Å². The predicted octanol–water partition coefficient (Wildman–Crippen LogP) is 2.78. The summed E-state index contributed by atoms with van der Waals surface area (Å²) in [7, 11) is 0. The van der Waals surface area contributed by atoms with Gasteiger partial charge >= 0.3 is 6.18 Å². The normalized spacial score (nSPS) is 13.8. The number of halogens is 4. The fourth-order valence-electron chi connectivity index (χ4n) is 1.42. The number of nitrogens with one attached hydrogen (secondary N) is 1. The molecule has 0 bridgehead atoms. The van der Waals surface area contributed by atoms with Gasteiger partial charge in [0, 0.05) is 10.5 Å². The first kappa shape index (κ1) is 13.5. The van der Waals surface area contributed by atoms with Crippen molar-refractivity contribution in [3.05, 3.63) is 34.3 Å². The molecule has 16 heavy (non-hydrogen) atoms. The van der Waals surface area contributed by atoms with Crippen LogP contribution in [0.3, 0.4) is 0 Å². The Kier molecular flexibility index (Phi) is 4.76. The van der Waals surface area contributed by atoms with Crippen LogP contribution in [0.4, 0.5) is 13.2 Å². The maximum absolute atomic E-state index is 12.2. The maximum atomic E-state index is 12.2. The predicted molar refractivity (Wildman–Crippen MR) is 59.6 cm³/mol. The average Bonchev–Trinajstić information content (AvgIpc) is 2.14. The standard InChI is InChI=1S/C10H12BrF3N2/c11-8-3-1-2-7(4-8)5-9(16-15)6-10(12,13)14/h1-4,9,16H,5-6,15H2. The van der Waals surface area contributed by atoms with Crippen LogP contribution < -0.4 is 11.3 Å². The second kappa shape index (κ2) is 5.65. The van der Waals surface area contributed by atoms with E-state index < -0.39 is 18.6 Å². The summed E-state index contributed by atoms with van der Waals surface area (Å²) in [5.74, 6) is 5.10. The lowest BCUT2D eigenvalue weighted by Gasteiger charge is -2.17. The highest BCUT2D eigenvalue weighted by Gasteiger charge is 2.31. The van der Waals surface area contributed by atoms with E-state index in [1.54, 1.807) is 18.2 Å². The number of hydrogen-bond acceptors (Lipinski definition) is 2. The van der Waals surface area contributed by atoms with Crippen LogP contribution >= 0.6 is 15.9 Å². The van der Waals surface area contributed by atoms with Gasteiger partial charge in [0.15, 0.2) is 0 Å². The molecule has 3 N–H and O–H groups in total. The van der Waals surface area contributed by atoms with Crippen LogP contribution in [0.25, 0.3) is 0 Å². The van der Waals surface area contributed by atoms with E-state index in [-0.39, 0.29) is 6.42 Å². The van der Waals surface area contributed by atoms with E-state index in [9.17, 15) is 13.2 Å². The molecule has 1 unspecified atom stereocenters. The molecule has 0 aliphatic heterocycles. The average molecular weight is 297 g/mol. The second-order valence-corrected chi connectivity index (χ2v) is 4.43. The molecule has 0 amide bonds. The second-order valence-electron chi connectivity index (χ2n) is 3.52. The van der Waals surface area contributed by atoms with Crippen molar-refractivity contribution in [1.82, 2.24) is 5.43 Å². The molecule has 1 aromatic rings. The smallest absolute Gasteiger partial charge is 0.271 e. The van der Waals surface area contributed by atoms with Gasteiger partial charge in [-0.2, -0.15) is 13.2 Å². The number of hydrazine groups is 1. The number of rotatable bonds is 4. The Morgan fingerprint density at radius 3 is 2.56 bits per heavy atom. The van der Waals surface area contributed by atoms with E-state index in [1.165, 1.54) is 0 Å². The summed E-state index contributed by atoms with van der Waals surface area (Å²) in [6.45, 7) is 0. The molecule has 0 saturated heterocycles. The molecule has 0 fully saturated rings. The molecule has 1 rings (SSSR count). The fraction of sp³-hybridized carbons (Fsp3) is 0.400. The van der Waals surface area contributed by atoms with Crippen LogP contribution in [-0.2, 0) is 6.42 Å².